The Labute approximate surface area is 105 Å². The second kappa shape index (κ2) is 7.95. The van der Waals surface area contributed by atoms with Gasteiger partial charge in [0.25, 0.3) is 0 Å². The minimum absolute atomic E-state index is 0.142. The van der Waals surface area contributed by atoms with Gasteiger partial charge in [-0.05, 0) is 13.8 Å². The van der Waals surface area contributed by atoms with Crippen molar-refractivity contribution < 1.29 is 24.2 Å². The molecule has 0 heterocycles. The van der Waals surface area contributed by atoms with Gasteiger partial charge in [0.05, 0.1) is 6.61 Å². The summed E-state index contributed by atoms with van der Waals surface area (Å²) in [5.74, 6) is 0.292. The number of hydrogen-bond donors (Lipinski definition) is 3. The van der Waals surface area contributed by atoms with E-state index in [1.165, 1.54) is 6.92 Å². The minimum atomic E-state index is -1.24. The first-order valence-corrected chi connectivity index (χ1v) is 5.32. The van der Waals surface area contributed by atoms with Gasteiger partial charge in [0, 0.05) is 6.42 Å². The van der Waals surface area contributed by atoms with Gasteiger partial charge in [-0.25, -0.2) is 14.4 Å². The molecule has 3 N–H and O–H groups in total. The third kappa shape index (κ3) is 5.75. The summed E-state index contributed by atoms with van der Waals surface area (Å²) in [7, 11) is 0. The molecule has 18 heavy (non-hydrogen) atoms. The van der Waals surface area contributed by atoms with Crippen LogP contribution in [-0.2, 0) is 14.3 Å². The van der Waals surface area contributed by atoms with Gasteiger partial charge >= 0.3 is 18.0 Å². The molecule has 0 aliphatic heterocycles. The minimum Gasteiger partial charge on any atom is -0.480 e. The fraction of sp³-hybridized carbons (Fsp3) is 0.545. The third-order valence-corrected chi connectivity index (χ3v) is 1.91. The van der Waals surface area contributed by atoms with Crippen molar-refractivity contribution in [3.8, 4) is 12.3 Å². The number of carbonyl (C=O) groups is 3. The van der Waals surface area contributed by atoms with Crippen LogP contribution in [0.2, 0.25) is 0 Å². The van der Waals surface area contributed by atoms with Gasteiger partial charge in [-0.2, -0.15) is 0 Å². The molecule has 0 aromatic carbocycles. The first kappa shape index (κ1) is 15.8. The molecule has 0 saturated carbocycles. The predicted molar refractivity (Wildman–Crippen MR) is 62.6 cm³/mol. The standard InChI is InChI=1S/C11H16N2O5/c1-4-6-8(9(14)15)13-11(17)12-7(3)10(16)18-5-2/h1,7-8H,5-6H2,2-3H3,(H,14,15)(H2,12,13,17). The summed E-state index contributed by atoms with van der Waals surface area (Å²) in [6.45, 7) is 3.26. The zero-order valence-electron chi connectivity index (χ0n) is 10.2. The van der Waals surface area contributed by atoms with Crippen molar-refractivity contribution in [2.45, 2.75) is 32.4 Å². The maximum Gasteiger partial charge on any atom is 0.328 e. The SMILES string of the molecule is C#CCC(NC(=O)NC(C)C(=O)OCC)C(=O)O. The fourth-order valence-corrected chi connectivity index (χ4v) is 1.04. The van der Waals surface area contributed by atoms with E-state index in [0.29, 0.717) is 0 Å². The van der Waals surface area contributed by atoms with Crippen LogP contribution < -0.4 is 10.6 Å². The highest BCUT2D eigenvalue weighted by molar-refractivity contribution is 5.86. The van der Waals surface area contributed by atoms with E-state index < -0.39 is 30.1 Å². The van der Waals surface area contributed by atoms with Crippen molar-refractivity contribution in [3.05, 3.63) is 0 Å². The molecule has 0 aliphatic carbocycles. The van der Waals surface area contributed by atoms with Gasteiger partial charge in [0.15, 0.2) is 0 Å². The largest absolute Gasteiger partial charge is 0.480 e. The highest BCUT2D eigenvalue weighted by Gasteiger charge is 2.21. The van der Waals surface area contributed by atoms with Crippen molar-refractivity contribution in [2.75, 3.05) is 6.61 Å². The Balaban J connectivity index is 4.28. The molecular weight excluding hydrogens is 240 g/mol. The molecular formula is C11H16N2O5. The van der Waals surface area contributed by atoms with Crippen LogP contribution >= 0.6 is 0 Å². The number of carbonyl (C=O) groups excluding carboxylic acids is 2. The summed E-state index contributed by atoms with van der Waals surface area (Å²) in [6.07, 6.45) is 4.83. The number of carboxylic acid groups (broad SMARTS) is 1. The number of terminal acetylenes is 1. The maximum absolute atomic E-state index is 11.4. The van der Waals surface area contributed by atoms with Crippen LogP contribution in [0.4, 0.5) is 4.79 Å². The molecule has 0 aromatic heterocycles. The molecule has 0 bridgehead atoms. The van der Waals surface area contributed by atoms with Crippen LogP contribution in [0.3, 0.4) is 0 Å². The van der Waals surface area contributed by atoms with E-state index in [-0.39, 0.29) is 13.0 Å². The molecule has 0 spiro atoms. The highest BCUT2D eigenvalue weighted by Crippen LogP contribution is 1.92. The monoisotopic (exact) mass is 256 g/mol. The van der Waals surface area contributed by atoms with E-state index in [0.717, 1.165) is 0 Å². The maximum atomic E-state index is 11.4. The number of amides is 2. The predicted octanol–water partition coefficient (Wildman–Crippen LogP) is -0.286. The van der Waals surface area contributed by atoms with Crippen LogP contribution in [0.25, 0.3) is 0 Å². The molecule has 100 valence electrons. The Morgan fingerprint density at radius 3 is 2.44 bits per heavy atom. The molecule has 0 aromatic rings. The molecule has 2 amide bonds. The number of aliphatic carboxylic acids is 1. The van der Waals surface area contributed by atoms with E-state index in [4.69, 9.17) is 11.5 Å². The smallest absolute Gasteiger partial charge is 0.328 e. The second-order valence-corrected chi connectivity index (χ2v) is 3.39. The summed E-state index contributed by atoms with van der Waals surface area (Å²) < 4.78 is 4.67. The third-order valence-electron chi connectivity index (χ3n) is 1.91. The first-order chi connectivity index (χ1) is 8.42. The zero-order valence-corrected chi connectivity index (χ0v) is 10.2. The van der Waals surface area contributed by atoms with Crippen LogP contribution in [0.5, 0.6) is 0 Å². The Hall–Kier alpha value is -2.23. The number of carboxylic acids is 1. The summed E-state index contributed by atoms with van der Waals surface area (Å²) in [5.41, 5.74) is 0. The first-order valence-electron chi connectivity index (χ1n) is 5.32. The Morgan fingerprint density at radius 2 is 2.00 bits per heavy atom. The van der Waals surface area contributed by atoms with E-state index in [1.54, 1.807) is 6.92 Å². The van der Waals surface area contributed by atoms with Crippen LogP contribution in [0, 0.1) is 12.3 Å². The van der Waals surface area contributed by atoms with E-state index in [9.17, 15) is 14.4 Å². The number of nitrogens with one attached hydrogen (secondary N) is 2. The molecule has 2 unspecified atom stereocenters. The topological polar surface area (TPSA) is 105 Å². The molecule has 0 saturated heterocycles. The van der Waals surface area contributed by atoms with Gasteiger partial charge in [-0.15, -0.1) is 12.3 Å². The van der Waals surface area contributed by atoms with Gasteiger partial charge in [-0.3, -0.25) is 0 Å². The molecule has 2 atom stereocenters. The molecule has 7 heteroatoms. The molecule has 0 rings (SSSR count). The van der Waals surface area contributed by atoms with Crippen molar-refractivity contribution in [1.82, 2.24) is 10.6 Å². The lowest BCUT2D eigenvalue weighted by Crippen LogP contribution is -2.50. The zero-order chi connectivity index (χ0) is 14.1. The summed E-state index contributed by atoms with van der Waals surface area (Å²) >= 11 is 0. The lowest BCUT2D eigenvalue weighted by Gasteiger charge is -2.16. The summed E-state index contributed by atoms with van der Waals surface area (Å²) in [4.78, 5) is 33.3. The van der Waals surface area contributed by atoms with Gasteiger partial charge in [-0.1, -0.05) is 0 Å². The van der Waals surface area contributed by atoms with E-state index in [2.05, 4.69) is 21.3 Å². The second-order valence-electron chi connectivity index (χ2n) is 3.39. The average molecular weight is 256 g/mol. The van der Waals surface area contributed by atoms with Gasteiger partial charge in [0.2, 0.25) is 0 Å². The Morgan fingerprint density at radius 1 is 1.39 bits per heavy atom. The number of esters is 1. The normalized spacial score (nSPS) is 12.7. The Bertz CT molecular complexity index is 361. The fourth-order valence-electron chi connectivity index (χ4n) is 1.04. The average Bonchev–Trinajstić information content (AvgIpc) is 2.28. The van der Waals surface area contributed by atoms with Crippen LogP contribution in [0.1, 0.15) is 20.3 Å². The number of rotatable bonds is 6. The summed E-state index contributed by atoms with van der Waals surface area (Å²) in [6, 6.07) is -2.85. The molecule has 0 fully saturated rings. The number of hydrogen-bond acceptors (Lipinski definition) is 4. The number of urea groups is 1. The van der Waals surface area contributed by atoms with Crippen molar-refractivity contribution in [1.29, 1.82) is 0 Å². The lowest BCUT2D eigenvalue weighted by molar-refractivity contribution is -0.144. The van der Waals surface area contributed by atoms with E-state index in [1.807, 2.05) is 0 Å². The van der Waals surface area contributed by atoms with Crippen LogP contribution in [0.15, 0.2) is 0 Å². The summed E-state index contributed by atoms with van der Waals surface area (Å²) in [5, 5.41) is 13.1. The van der Waals surface area contributed by atoms with Gasteiger partial charge in [0.1, 0.15) is 12.1 Å². The quantitative estimate of drug-likeness (QED) is 0.447. The Kier molecular flexibility index (Phi) is 6.96. The highest BCUT2D eigenvalue weighted by atomic mass is 16.5. The molecule has 7 nitrogen and oxygen atoms in total. The van der Waals surface area contributed by atoms with E-state index >= 15 is 0 Å². The van der Waals surface area contributed by atoms with Crippen molar-refractivity contribution in [2.24, 2.45) is 0 Å². The van der Waals surface area contributed by atoms with Crippen molar-refractivity contribution >= 4 is 18.0 Å². The van der Waals surface area contributed by atoms with Gasteiger partial charge < -0.3 is 20.5 Å². The molecule has 0 aliphatic rings. The lowest BCUT2D eigenvalue weighted by atomic mass is 10.2. The number of ether oxygens (including phenoxy) is 1. The van der Waals surface area contributed by atoms with Crippen LogP contribution in [-0.4, -0.2) is 41.8 Å². The van der Waals surface area contributed by atoms with Crippen molar-refractivity contribution in [3.63, 3.8) is 0 Å². The molecule has 0 radical (unpaired) electrons.